The van der Waals surface area contributed by atoms with Gasteiger partial charge in [-0.1, -0.05) is 308 Å². The van der Waals surface area contributed by atoms with Crippen LogP contribution in [0.1, 0.15) is 11.5 Å². The molecule has 0 aliphatic heterocycles. The van der Waals surface area contributed by atoms with Crippen LogP contribution in [0, 0.1) is 0 Å². The van der Waals surface area contributed by atoms with Crippen LogP contribution >= 0.6 is 15.8 Å². The summed E-state index contributed by atoms with van der Waals surface area (Å²) in [5.41, 5.74) is 1.32. The van der Waals surface area contributed by atoms with Crippen molar-refractivity contribution in [3.8, 4) is 0 Å². The van der Waals surface area contributed by atoms with Crippen molar-refractivity contribution in [2.45, 2.75) is 169 Å². The van der Waals surface area contributed by atoms with Gasteiger partial charge in [0.15, 0.2) is 5.79 Å². The molecule has 74 heavy (non-hydrogen) atoms. The number of benzene rings is 5. The maximum atomic E-state index is 6.98. The lowest BCUT2D eigenvalue weighted by Gasteiger charge is -2.43. The third kappa shape index (κ3) is 13.7. The lowest BCUT2D eigenvalue weighted by Crippen LogP contribution is -2.50. The fraction of sp³-hybridized carbons (Fsp3) is 0.452. The quantitative estimate of drug-likeness (QED) is 0.0525. The fourth-order valence-corrected chi connectivity index (χ4v) is 26.3. The van der Waals surface area contributed by atoms with Crippen LogP contribution in [0.25, 0.3) is 0 Å². The summed E-state index contributed by atoms with van der Waals surface area (Å²) in [4.78, 5) is 0. The zero-order chi connectivity index (χ0) is 55.7. The maximum absolute atomic E-state index is 6.98. The number of methoxy groups -OCH3 is 2. The summed E-state index contributed by atoms with van der Waals surface area (Å²) in [5, 5.41) is 21.3. The van der Waals surface area contributed by atoms with Gasteiger partial charge in [-0.2, -0.15) is 0 Å². The lowest BCUT2D eigenvalue weighted by molar-refractivity contribution is -0.179. The average molecular weight is 1160 g/mol. The zero-order valence-corrected chi connectivity index (χ0v) is 61.0. The van der Waals surface area contributed by atoms with Crippen LogP contribution in [0.4, 0.5) is 0 Å². The SMILES string of the molecule is COC1(OC)C=CC=C(P(c2cc([Si](C)(C)C)cc([Si](C)(C)C)c2)c2cc([Si](C)(C)C)cc([Si](C)(C)C)c2)[C@H]1c1ccccc1P(c1cc([Si](C)(C)C)cc([Si](C)(C)C)c1)c1cc([Si](C)(C)C)cc([Si](C)(C)C)c1. The molecule has 1 atom stereocenters. The molecule has 0 N–H and O–H groups in total. The van der Waals surface area contributed by atoms with E-state index in [1.54, 1.807) is 41.5 Å². The molecule has 0 aromatic heterocycles. The minimum absolute atomic E-state index is 0.236. The zero-order valence-electron chi connectivity index (χ0n) is 51.3. The van der Waals surface area contributed by atoms with Crippen molar-refractivity contribution >= 4 is 148 Å². The van der Waals surface area contributed by atoms with Gasteiger partial charge >= 0.3 is 0 Å². The van der Waals surface area contributed by atoms with Gasteiger partial charge in [-0.3, -0.25) is 0 Å². The van der Waals surface area contributed by atoms with Crippen molar-refractivity contribution in [2.75, 3.05) is 14.2 Å². The molecule has 0 saturated heterocycles. The Labute approximate surface area is 463 Å². The monoisotopic (exact) mass is 1160 g/mol. The van der Waals surface area contributed by atoms with E-state index < -0.39 is 86.2 Å². The molecule has 0 fully saturated rings. The molecule has 0 spiro atoms. The highest BCUT2D eigenvalue weighted by Gasteiger charge is 2.47. The molecule has 0 radical (unpaired) electrons. The molecule has 5 aromatic rings. The van der Waals surface area contributed by atoms with Crippen LogP contribution in [0.5, 0.6) is 0 Å². The van der Waals surface area contributed by atoms with E-state index >= 15 is 0 Å². The molecule has 5 aromatic carbocycles. The van der Waals surface area contributed by atoms with Gasteiger partial charge in [-0.05, 0) is 59.3 Å². The van der Waals surface area contributed by atoms with Crippen molar-refractivity contribution in [1.29, 1.82) is 0 Å². The first-order valence-corrected chi connectivity index (χ1v) is 58.1. The Balaban J connectivity index is 1.86. The molecule has 0 heterocycles. The molecule has 400 valence electrons. The van der Waals surface area contributed by atoms with Gasteiger partial charge in [0.05, 0.1) is 70.5 Å². The van der Waals surface area contributed by atoms with Crippen molar-refractivity contribution < 1.29 is 9.47 Å². The minimum Gasteiger partial charge on any atom is -0.349 e. The Hall–Kier alpha value is -1.90. The number of rotatable bonds is 17. The highest BCUT2D eigenvalue weighted by Crippen LogP contribution is 2.56. The minimum atomic E-state index is -1.77. The second-order valence-electron chi connectivity index (χ2n) is 29.8. The summed E-state index contributed by atoms with van der Waals surface area (Å²) < 4.78 is 14.0. The molecule has 1 aliphatic carbocycles. The third-order valence-corrected chi connectivity index (χ3v) is 36.4. The van der Waals surface area contributed by atoms with Crippen LogP contribution < -0.4 is 68.0 Å². The predicted molar refractivity (Wildman–Crippen MR) is 365 cm³/mol. The van der Waals surface area contributed by atoms with Crippen LogP contribution in [0.3, 0.4) is 0 Å². The van der Waals surface area contributed by atoms with Gasteiger partial charge in [0, 0.05) is 14.2 Å². The van der Waals surface area contributed by atoms with Crippen LogP contribution in [0.15, 0.2) is 121 Å². The predicted octanol–water partition coefficient (Wildman–Crippen LogP) is 11.5. The van der Waals surface area contributed by atoms with E-state index in [0.29, 0.717) is 0 Å². The van der Waals surface area contributed by atoms with E-state index in [0.717, 1.165) is 0 Å². The van der Waals surface area contributed by atoms with E-state index in [4.69, 9.17) is 9.47 Å². The second-order valence-corrected chi connectivity index (χ2v) is 74.8. The van der Waals surface area contributed by atoms with Crippen LogP contribution in [0.2, 0.25) is 157 Å². The molecular formula is C62H98O2P2Si8. The number of hydrogen-bond acceptors (Lipinski definition) is 2. The molecular weight excluding hydrogens is 1060 g/mol. The normalized spacial score (nSPS) is 16.3. The van der Waals surface area contributed by atoms with Gasteiger partial charge in [-0.15, -0.1) is 0 Å². The highest BCUT2D eigenvalue weighted by atomic mass is 31.1. The first kappa shape index (κ1) is 61.3. The van der Waals surface area contributed by atoms with Crippen LogP contribution in [-0.2, 0) is 9.47 Å². The Bertz CT molecular complexity index is 2640. The van der Waals surface area contributed by atoms with Crippen molar-refractivity contribution in [3.05, 3.63) is 126 Å². The standard InChI is InChI=1S/C62H98O2P2Si8/c1-63-62(64-2)33-29-32-60(66(48-38-54(71(15,16)17)44-55(39-48)72(18,19)20)49-40-56(73(21,22)23)45-57(41-49)74(24,25)26)61(62)58-30-27-28-31-59(58)65(46-34-50(67(3,4)5)42-51(35-46)68(6,7)8)47-36-52(69(9,10)11)43-53(37-47)70(12,13)14/h27-45,61H,1-26H3/t61-/m1/s1. The molecule has 0 amide bonds. The summed E-state index contributed by atoms with van der Waals surface area (Å²) in [6.07, 6.45) is 7.02. The molecule has 6 rings (SSSR count). The average Bonchev–Trinajstić information content (AvgIpc) is 3.26. The first-order valence-electron chi connectivity index (χ1n) is 27.4. The van der Waals surface area contributed by atoms with Gasteiger partial charge in [-0.25, -0.2) is 0 Å². The summed E-state index contributed by atoms with van der Waals surface area (Å²) in [7, 11) is -12.5. The van der Waals surface area contributed by atoms with E-state index in [1.807, 2.05) is 14.2 Å². The van der Waals surface area contributed by atoms with E-state index in [2.05, 4.69) is 272 Å². The molecule has 2 nitrogen and oxygen atoms in total. The third-order valence-electron chi connectivity index (χ3n) is 15.3. The summed E-state index contributed by atoms with van der Waals surface area (Å²) >= 11 is 0. The van der Waals surface area contributed by atoms with E-state index in [-0.39, 0.29) is 5.92 Å². The van der Waals surface area contributed by atoms with Gasteiger partial charge in [0.25, 0.3) is 0 Å². The largest absolute Gasteiger partial charge is 0.349 e. The Morgan fingerprint density at radius 2 is 0.608 bits per heavy atom. The second kappa shape index (κ2) is 21.6. The Morgan fingerprint density at radius 1 is 0.351 bits per heavy atom. The molecule has 1 aliphatic rings. The molecule has 0 unspecified atom stereocenters. The Morgan fingerprint density at radius 3 is 0.865 bits per heavy atom. The highest BCUT2D eigenvalue weighted by molar-refractivity contribution is 7.80. The summed E-state index contributed by atoms with van der Waals surface area (Å²) in [6, 6.07) is 41.5. The van der Waals surface area contributed by atoms with E-state index in [9.17, 15) is 0 Å². The topological polar surface area (TPSA) is 18.5 Å². The molecule has 0 bridgehead atoms. The van der Waals surface area contributed by atoms with Crippen molar-refractivity contribution in [3.63, 3.8) is 0 Å². The number of allylic oxidation sites excluding steroid dienone is 2. The summed E-state index contributed by atoms with van der Waals surface area (Å²) in [6.45, 7) is 61.0. The first-order chi connectivity index (χ1) is 33.6. The Kier molecular flexibility index (Phi) is 17.9. The van der Waals surface area contributed by atoms with Gasteiger partial charge in [0.2, 0.25) is 0 Å². The van der Waals surface area contributed by atoms with Crippen molar-refractivity contribution in [2.24, 2.45) is 0 Å². The van der Waals surface area contributed by atoms with Gasteiger partial charge < -0.3 is 9.47 Å². The lowest BCUT2D eigenvalue weighted by atomic mass is 9.86. The van der Waals surface area contributed by atoms with E-state index in [1.165, 1.54) is 37.4 Å². The smallest absolute Gasteiger partial charge is 0.198 e. The van der Waals surface area contributed by atoms with Crippen LogP contribution in [-0.4, -0.2) is 84.6 Å². The maximum Gasteiger partial charge on any atom is 0.198 e. The fourth-order valence-electron chi connectivity index (χ4n) is 9.95. The van der Waals surface area contributed by atoms with Gasteiger partial charge in [0.1, 0.15) is 0 Å². The van der Waals surface area contributed by atoms with Crippen molar-refractivity contribution in [1.82, 2.24) is 0 Å². The number of ether oxygens (including phenoxy) is 2. The number of hydrogen-bond donors (Lipinski definition) is 0. The summed E-state index contributed by atoms with van der Waals surface area (Å²) in [5.74, 6) is -1.29. The molecule has 12 heteroatoms. The molecule has 0 saturated carbocycles.